The van der Waals surface area contributed by atoms with Crippen molar-refractivity contribution in [1.29, 1.82) is 0 Å². The molecule has 0 saturated carbocycles. The molecule has 19 heavy (non-hydrogen) atoms. The normalized spacial score (nSPS) is 11.4. The molecule has 6 heteroatoms. The van der Waals surface area contributed by atoms with Crippen LogP contribution in [0, 0.1) is 6.92 Å². The number of nitrogens with zero attached hydrogens (tertiary/aromatic N) is 4. The van der Waals surface area contributed by atoms with Gasteiger partial charge in [-0.15, -0.1) is 0 Å². The van der Waals surface area contributed by atoms with Gasteiger partial charge >= 0.3 is 0 Å². The van der Waals surface area contributed by atoms with Gasteiger partial charge in [0.05, 0.1) is 28.7 Å². The van der Waals surface area contributed by atoms with Gasteiger partial charge in [-0.05, 0) is 26.0 Å². The number of carbonyl (C=O) groups is 1. The van der Waals surface area contributed by atoms with Crippen LogP contribution in [0.3, 0.4) is 0 Å². The Bertz CT molecular complexity index is 639. The van der Waals surface area contributed by atoms with E-state index in [4.69, 9.17) is 11.6 Å². The minimum absolute atomic E-state index is 0.0921. The highest BCUT2D eigenvalue weighted by atomic mass is 35.5. The van der Waals surface area contributed by atoms with E-state index >= 15 is 0 Å². The molecule has 2 aromatic heterocycles. The van der Waals surface area contributed by atoms with E-state index in [1.165, 1.54) is 6.08 Å². The molecule has 100 valence electrons. The van der Waals surface area contributed by atoms with E-state index in [9.17, 15) is 4.79 Å². The van der Waals surface area contributed by atoms with Crippen LogP contribution in [-0.2, 0) is 13.6 Å². The predicted molar refractivity (Wildman–Crippen MR) is 74.2 cm³/mol. The highest BCUT2D eigenvalue weighted by molar-refractivity contribution is 6.31. The van der Waals surface area contributed by atoms with Gasteiger partial charge in [0.1, 0.15) is 0 Å². The largest absolute Gasteiger partial charge is 0.289 e. The smallest absolute Gasteiger partial charge is 0.189 e. The van der Waals surface area contributed by atoms with Crippen LogP contribution in [0.4, 0.5) is 0 Å². The van der Waals surface area contributed by atoms with E-state index < -0.39 is 0 Å². The maximum atomic E-state index is 12.1. The summed E-state index contributed by atoms with van der Waals surface area (Å²) in [5.41, 5.74) is 2.17. The molecule has 0 aliphatic heterocycles. The maximum absolute atomic E-state index is 12.1. The summed E-state index contributed by atoms with van der Waals surface area (Å²) in [6, 6.07) is 0. The number of aromatic nitrogens is 4. The second-order valence-corrected chi connectivity index (χ2v) is 4.57. The van der Waals surface area contributed by atoms with Crippen LogP contribution < -0.4 is 0 Å². The predicted octanol–water partition coefficient (Wildman–Crippen LogP) is 2.49. The van der Waals surface area contributed by atoms with E-state index in [1.54, 1.807) is 34.9 Å². The van der Waals surface area contributed by atoms with E-state index in [0.29, 0.717) is 17.1 Å². The topological polar surface area (TPSA) is 52.7 Å². The first-order valence-corrected chi connectivity index (χ1v) is 6.34. The summed E-state index contributed by atoms with van der Waals surface area (Å²) >= 11 is 6.03. The lowest BCUT2D eigenvalue weighted by Gasteiger charge is -1.99. The molecule has 0 atom stereocenters. The fourth-order valence-corrected chi connectivity index (χ4v) is 1.98. The molecule has 0 bridgehead atoms. The van der Waals surface area contributed by atoms with Crippen molar-refractivity contribution in [2.45, 2.75) is 20.4 Å². The summed E-state index contributed by atoms with van der Waals surface area (Å²) in [4.78, 5) is 12.1. The first-order chi connectivity index (χ1) is 9.04. The third-order valence-electron chi connectivity index (χ3n) is 3.03. The summed E-state index contributed by atoms with van der Waals surface area (Å²) in [6.45, 7) is 4.53. The Kier molecular flexibility index (Phi) is 3.85. The molecule has 2 rings (SSSR count). The number of rotatable bonds is 4. The minimum Gasteiger partial charge on any atom is -0.289 e. The highest BCUT2D eigenvalue weighted by Crippen LogP contribution is 2.17. The van der Waals surface area contributed by atoms with Crippen molar-refractivity contribution in [1.82, 2.24) is 19.6 Å². The molecule has 5 nitrogen and oxygen atoms in total. The Labute approximate surface area is 116 Å². The lowest BCUT2D eigenvalue weighted by molar-refractivity contribution is 0.104. The van der Waals surface area contributed by atoms with Gasteiger partial charge in [0, 0.05) is 19.3 Å². The second kappa shape index (κ2) is 5.40. The third kappa shape index (κ3) is 2.61. The SMILES string of the molecule is CCn1ncc(Cl)c1/C=C/C(=O)c1cnn(C)c1C. The number of carbonyl (C=O) groups excluding carboxylic acids is 1. The van der Waals surface area contributed by atoms with E-state index in [1.807, 2.05) is 13.8 Å². The van der Waals surface area contributed by atoms with Gasteiger partial charge in [-0.3, -0.25) is 14.2 Å². The Hall–Kier alpha value is -1.88. The van der Waals surface area contributed by atoms with E-state index in [-0.39, 0.29) is 5.78 Å². The van der Waals surface area contributed by atoms with Crippen LogP contribution in [0.2, 0.25) is 5.02 Å². The average Bonchev–Trinajstić information content (AvgIpc) is 2.91. The monoisotopic (exact) mass is 278 g/mol. The minimum atomic E-state index is -0.0921. The summed E-state index contributed by atoms with van der Waals surface area (Å²) in [7, 11) is 1.80. The standard InChI is InChI=1S/C13H15ClN4O/c1-4-18-12(11(14)8-16-18)5-6-13(19)10-7-15-17(3)9(10)2/h5-8H,4H2,1-3H3/b6-5+. The molecule has 0 radical (unpaired) electrons. The molecule has 0 unspecified atom stereocenters. The summed E-state index contributed by atoms with van der Waals surface area (Å²) in [5.74, 6) is -0.0921. The van der Waals surface area contributed by atoms with Gasteiger partial charge in [-0.2, -0.15) is 10.2 Å². The molecule has 0 spiro atoms. The second-order valence-electron chi connectivity index (χ2n) is 4.16. The van der Waals surface area contributed by atoms with Gasteiger partial charge in [0.15, 0.2) is 5.78 Å². The average molecular weight is 279 g/mol. The first-order valence-electron chi connectivity index (χ1n) is 5.97. The molecular weight excluding hydrogens is 264 g/mol. The number of halogens is 1. The molecule has 0 saturated heterocycles. The van der Waals surface area contributed by atoms with Crippen molar-refractivity contribution in [3.8, 4) is 0 Å². The van der Waals surface area contributed by atoms with Crippen molar-refractivity contribution < 1.29 is 4.79 Å². The number of hydrogen-bond acceptors (Lipinski definition) is 3. The number of allylic oxidation sites excluding steroid dienone is 1. The van der Waals surface area contributed by atoms with E-state index in [2.05, 4.69) is 10.2 Å². The zero-order valence-corrected chi connectivity index (χ0v) is 11.8. The van der Waals surface area contributed by atoms with Gasteiger partial charge in [0.25, 0.3) is 0 Å². The molecule has 0 fully saturated rings. The van der Waals surface area contributed by atoms with Crippen molar-refractivity contribution in [3.05, 3.63) is 40.4 Å². The Morgan fingerprint density at radius 3 is 2.74 bits per heavy atom. The quantitative estimate of drug-likeness (QED) is 0.638. The molecule has 2 heterocycles. The summed E-state index contributed by atoms with van der Waals surface area (Å²) in [6.07, 6.45) is 6.33. The van der Waals surface area contributed by atoms with Crippen LogP contribution in [0.1, 0.15) is 28.7 Å². The van der Waals surface area contributed by atoms with Crippen LogP contribution in [-0.4, -0.2) is 25.3 Å². The number of hydrogen-bond donors (Lipinski definition) is 0. The Balaban J connectivity index is 2.25. The maximum Gasteiger partial charge on any atom is 0.189 e. The Morgan fingerprint density at radius 1 is 1.42 bits per heavy atom. The van der Waals surface area contributed by atoms with E-state index in [0.717, 1.165) is 11.4 Å². The Morgan fingerprint density at radius 2 is 2.16 bits per heavy atom. The molecule has 0 aliphatic rings. The van der Waals surface area contributed by atoms with Crippen molar-refractivity contribution in [3.63, 3.8) is 0 Å². The third-order valence-corrected chi connectivity index (χ3v) is 3.32. The van der Waals surface area contributed by atoms with Crippen molar-refractivity contribution in [2.24, 2.45) is 7.05 Å². The lowest BCUT2D eigenvalue weighted by Crippen LogP contribution is -2.01. The highest BCUT2D eigenvalue weighted by Gasteiger charge is 2.11. The van der Waals surface area contributed by atoms with Crippen LogP contribution >= 0.6 is 11.6 Å². The summed E-state index contributed by atoms with van der Waals surface area (Å²) in [5, 5.41) is 8.70. The fraction of sp³-hybridized carbons (Fsp3) is 0.308. The molecule has 0 amide bonds. The lowest BCUT2D eigenvalue weighted by atomic mass is 10.1. The van der Waals surface area contributed by atoms with Gasteiger partial charge in [-0.25, -0.2) is 0 Å². The van der Waals surface area contributed by atoms with Crippen LogP contribution in [0.15, 0.2) is 18.5 Å². The summed E-state index contributed by atoms with van der Waals surface area (Å²) < 4.78 is 3.41. The fourth-order valence-electron chi connectivity index (χ4n) is 1.77. The van der Waals surface area contributed by atoms with Gasteiger partial charge in [-0.1, -0.05) is 11.6 Å². The van der Waals surface area contributed by atoms with Crippen molar-refractivity contribution in [2.75, 3.05) is 0 Å². The number of ketones is 1. The van der Waals surface area contributed by atoms with Crippen LogP contribution in [0.5, 0.6) is 0 Å². The zero-order valence-electron chi connectivity index (χ0n) is 11.1. The molecular formula is C13H15ClN4O. The van der Waals surface area contributed by atoms with Gasteiger partial charge in [0.2, 0.25) is 0 Å². The molecule has 0 N–H and O–H groups in total. The zero-order chi connectivity index (χ0) is 14.0. The van der Waals surface area contributed by atoms with Crippen LogP contribution in [0.25, 0.3) is 6.08 Å². The first kappa shape index (κ1) is 13.5. The molecule has 2 aromatic rings. The van der Waals surface area contributed by atoms with Crippen molar-refractivity contribution >= 4 is 23.5 Å². The molecule has 0 aliphatic carbocycles. The number of aryl methyl sites for hydroxylation is 2. The molecule has 0 aromatic carbocycles. The van der Waals surface area contributed by atoms with Gasteiger partial charge < -0.3 is 0 Å².